The Labute approximate surface area is 127 Å². The predicted molar refractivity (Wildman–Crippen MR) is 84.0 cm³/mol. The van der Waals surface area contributed by atoms with Crippen molar-refractivity contribution in [2.24, 2.45) is 5.92 Å². The van der Waals surface area contributed by atoms with Crippen molar-refractivity contribution in [1.29, 1.82) is 0 Å². The Kier molecular flexibility index (Phi) is 5.17. The minimum absolute atomic E-state index is 0.360. The summed E-state index contributed by atoms with van der Waals surface area (Å²) >= 11 is 3.00. The van der Waals surface area contributed by atoms with Gasteiger partial charge in [-0.15, -0.1) is 23.1 Å². The number of nitrogens with two attached hydrogens (primary N) is 1. The largest absolute Gasteiger partial charge is 0.465 e. The Morgan fingerprint density at radius 3 is 2.90 bits per heavy atom. The molecule has 0 bridgehead atoms. The highest BCUT2D eigenvalue weighted by Gasteiger charge is 2.29. The molecule has 7 heteroatoms. The van der Waals surface area contributed by atoms with E-state index >= 15 is 0 Å². The van der Waals surface area contributed by atoms with E-state index in [0.29, 0.717) is 16.5 Å². The fourth-order valence-corrected chi connectivity index (χ4v) is 4.59. The summed E-state index contributed by atoms with van der Waals surface area (Å²) in [6.07, 6.45) is 3.08. The monoisotopic (exact) mass is 316 g/mol. The lowest BCUT2D eigenvalue weighted by Crippen LogP contribution is -2.20. The molecule has 2 rings (SSSR count). The van der Waals surface area contributed by atoms with Crippen molar-refractivity contribution in [3.8, 4) is 0 Å². The summed E-state index contributed by atoms with van der Waals surface area (Å²) in [4.78, 5) is 15.5. The first kappa shape index (κ1) is 15.5. The third-order valence-electron chi connectivity index (χ3n) is 3.43. The van der Waals surface area contributed by atoms with Crippen LogP contribution in [0.1, 0.15) is 16.1 Å². The summed E-state index contributed by atoms with van der Waals surface area (Å²) in [6, 6.07) is 0. The molecule has 0 aromatic carbocycles. The molecule has 20 heavy (non-hydrogen) atoms. The first-order valence-corrected chi connectivity index (χ1v) is 8.44. The first-order valence-electron chi connectivity index (χ1n) is 6.40. The Bertz CT molecular complexity index is 490. The third-order valence-corrected chi connectivity index (χ3v) is 5.63. The SMILES string of the molecule is COCC1CCN(c2sc(C(=O)OC)c(N)c2SC)C1. The summed E-state index contributed by atoms with van der Waals surface area (Å²) < 4.78 is 10.0. The number of anilines is 2. The standard InChI is InChI=1S/C13H20N2O3S2/c1-17-7-8-4-5-15(6-8)12-10(19-3)9(14)11(20-12)13(16)18-2/h8H,4-7,14H2,1-3H3. The van der Waals surface area contributed by atoms with Crippen LogP contribution in [-0.4, -0.2) is 46.1 Å². The summed E-state index contributed by atoms with van der Waals surface area (Å²) in [5.41, 5.74) is 6.63. The zero-order chi connectivity index (χ0) is 14.7. The molecule has 1 unspecified atom stereocenters. The van der Waals surface area contributed by atoms with E-state index in [-0.39, 0.29) is 5.97 Å². The highest BCUT2D eigenvalue weighted by atomic mass is 32.2. The minimum Gasteiger partial charge on any atom is -0.465 e. The van der Waals surface area contributed by atoms with Crippen LogP contribution in [0.4, 0.5) is 10.7 Å². The van der Waals surface area contributed by atoms with Gasteiger partial charge < -0.3 is 20.1 Å². The van der Waals surface area contributed by atoms with Crippen LogP contribution in [0.3, 0.4) is 0 Å². The summed E-state index contributed by atoms with van der Waals surface area (Å²) in [5.74, 6) is 0.182. The number of carbonyl (C=O) groups is 1. The lowest BCUT2D eigenvalue weighted by molar-refractivity contribution is 0.0607. The molecule has 1 atom stereocenters. The number of esters is 1. The molecule has 0 aliphatic carbocycles. The van der Waals surface area contributed by atoms with Gasteiger partial charge in [0, 0.05) is 26.1 Å². The molecule has 5 nitrogen and oxygen atoms in total. The molecule has 0 amide bonds. The van der Waals surface area contributed by atoms with E-state index in [1.165, 1.54) is 18.4 Å². The topological polar surface area (TPSA) is 64.8 Å². The van der Waals surface area contributed by atoms with Gasteiger partial charge in [0.05, 0.1) is 24.3 Å². The molecule has 1 aromatic heterocycles. The number of rotatable bonds is 5. The highest BCUT2D eigenvalue weighted by molar-refractivity contribution is 7.99. The summed E-state index contributed by atoms with van der Waals surface area (Å²) in [6.45, 7) is 2.69. The zero-order valence-electron chi connectivity index (χ0n) is 12.0. The van der Waals surface area contributed by atoms with Crippen LogP contribution in [0.15, 0.2) is 4.90 Å². The van der Waals surface area contributed by atoms with Gasteiger partial charge in [0.1, 0.15) is 9.88 Å². The molecule has 2 N–H and O–H groups in total. The number of thioether (sulfide) groups is 1. The summed E-state index contributed by atoms with van der Waals surface area (Å²) in [7, 11) is 3.11. The van der Waals surface area contributed by atoms with E-state index in [2.05, 4.69) is 4.90 Å². The Morgan fingerprint density at radius 1 is 1.55 bits per heavy atom. The van der Waals surface area contributed by atoms with Gasteiger partial charge >= 0.3 is 5.97 Å². The number of carbonyl (C=O) groups excluding carboxylic acids is 1. The maximum atomic E-state index is 11.8. The van der Waals surface area contributed by atoms with Crippen LogP contribution in [0.2, 0.25) is 0 Å². The molecule has 112 valence electrons. The highest BCUT2D eigenvalue weighted by Crippen LogP contribution is 2.45. The fraction of sp³-hybridized carbons (Fsp3) is 0.615. The van der Waals surface area contributed by atoms with Crippen molar-refractivity contribution < 1.29 is 14.3 Å². The Balaban J connectivity index is 2.26. The number of nitrogens with zero attached hydrogens (tertiary/aromatic N) is 1. The van der Waals surface area contributed by atoms with Crippen molar-refractivity contribution in [2.45, 2.75) is 11.3 Å². The van der Waals surface area contributed by atoms with E-state index < -0.39 is 0 Å². The van der Waals surface area contributed by atoms with Crippen molar-refractivity contribution in [2.75, 3.05) is 50.8 Å². The van der Waals surface area contributed by atoms with Gasteiger partial charge in [-0.05, 0) is 12.7 Å². The van der Waals surface area contributed by atoms with Crippen LogP contribution in [0.25, 0.3) is 0 Å². The second kappa shape index (κ2) is 6.69. The maximum absolute atomic E-state index is 11.8. The number of ether oxygens (including phenoxy) is 2. The lowest BCUT2D eigenvalue weighted by atomic mass is 10.1. The van der Waals surface area contributed by atoms with Gasteiger partial charge in [-0.25, -0.2) is 4.79 Å². The van der Waals surface area contributed by atoms with Gasteiger partial charge in [-0.3, -0.25) is 0 Å². The van der Waals surface area contributed by atoms with E-state index in [1.807, 2.05) is 6.26 Å². The van der Waals surface area contributed by atoms with Crippen molar-refractivity contribution in [3.63, 3.8) is 0 Å². The normalized spacial score (nSPS) is 18.6. The molecule has 1 aromatic rings. The lowest BCUT2D eigenvalue weighted by Gasteiger charge is -2.18. The molecular formula is C13H20N2O3S2. The van der Waals surface area contributed by atoms with Crippen LogP contribution in [-0.2, 0) is 9.47 Å². The van der Waals surface area contributed by atoms with E-state index in [0.717, 1.165) is 36.0 Å². The first-order chi connectivity index (χ1) is 9.62. The Hall–Kier alpha value is -0.920. The third kappa shape index (κ3) is 2.89. The van der Waals surface area contributed by atoms with Crippen LogP contribution < -0.4 is 10.6 Å². The maximum Gasteiger partial charge on any atom is 0.350 e. The minimum atomic E-state index is -0.360. The average Bonchev–Trinajstić information content (AvgIpc) is 3.02. The van der Waals surface area contributed by atoms with Crippen molar-refractivity contribution >= 4 is 39.8 Å². The molecular weight excluding hydrogens is 296 g/mol. The van der Waals surface area contributed by atoms with Gasteiger partial charge in [0.25, 0.3) is 0 Å². The molecule has 0 saturated carbocycles. The van der Waals surface area contributed by atoms with Crippen molar-refractivity contribution in [1.82, 2.24) is 0 Å². The second-order valence-electron chi connectivity index (χ2n) is 4.73. The molecule has 1 aliphatic rings. The van der Waals surface area contributed by atoms with Gasteiger partial charge in [0.15, 0.2) is 0 Å². The fourth-order valence-electron chi connectivity index (χ4n) is 2.45. The predicted octanol–water partition coefficient (Wildman–Crippen LogP) is 2.31. The number of hydrogen-bond acceptors (Lipinski definition) is 7. The molecule has 1 fully saturated rings. The van der Waals surface area contributed by atoms with Crippen LogP contribution in [0, 0.1) is 5.92 Å². The van der Waals surface area contributed by atoms with Crippen LogP contribution in [0.5, 0.6) is 0 Å². The second-order valence-corrected chi connectivity index (χ2v) is 6.55. The van der Waals surface area contributed by atoms with Gasteiger partial charge in [-0.2, -0.15) is 0 Å². The van der Waals surface area contributed by atoms with E-state index in [1.54, 1.807) is 18.9 Å². The molecule has 1 saturated heterocycles. The smallest absolute Gasteiger partial charge is 0.350 e. The molecule has 0 radical (unpaired) electrons. The molecule has 1 aliphatic heterocycles. The van der Waals surface area contributed by atoms with E-state index in [4.69, 9.17) is 15.2 Å². The zero-order valence-corrected chi connectivity index (χ0v) is 13.6. The summed E-state index contributed by atoms with van der Waals surface area (Å²) in [5, 5.41) is 1.08. The number of hydrogen-bond donors (Lipinski definition) is 1. The molecule has 0 spiro atoms. The number of nitrogen functional groups attached to an aromatic ring is 1. The Morgan fingerprint density at radius 2 is 2.30 bits per heavy atom. The quantitative estimate of drug-likeness (QED) is 0.664. The number of methoxy groups -OCH3 is 2. The van der Waals surface area contributed by atoms with Gasteiger partial charge in [-0.1, -0.05) is 0 Å². The van der Waals surface area contributed by atoms with Gasteiger partial charge in [0.2, 0.25) is 0 Å². The van der Waals surface area contributed by atoms with Crippen molar-refractivity contribution in [3.05, 3.63) is 4.88 Å². The molecule has 2 heterocycles. The van der Waals surface area contributed by atoms with E-state index in [9.17, 15) is 4.79 Å². The van der Waals surface area contributed by atoms with Crippen LogP contribution >= 0.6 is 23.1 Å². The number of thiophene rings is 1. The average molecular weight is 316 g/mol.